The van der Waals surface area contributed by atoms with Gasteiger partial charge in [0.05, 0.1) is 5.41 Å². The second kappa shape index (κ2) is 4.07. The Kier molecular flexibility index (Phi) is 2.34. The van der Waals surface area contributed by atoms with Gasteiger partial charge in [0.1, 0.15) is 0 Å². The number of hydrogen-bond donors (Lipinski definition) is 1. The van der Waals surface area contributed by atoms with Gasteiger partial charge in [0.15, 0.2) is 5.78 Å². The van der Waals surface area contributed by atoms with Crippen molar-refractivity contribution >= 4 is 16.7 Å². The average Bonchev–Trinajstić information content (AvgIpc) is 3.21. The van der Waals surface area contributed by atoms with E-state index >= 15 is 0 Å². The predicted octanol–water partition coefficient (Wildman–Crippen LogP) is 4.08. The van der Waals surface area contributed by atoms with Crippen LogP contribution in [0.5, 0.6) is 0 Å². The van der Waals surface area contributed by atoms with E-state index in [1.54, 1.807) is 0 Å². The first-order chi connectivity index (χ1) is 9.81. The molecule has 2 aromatic carbocycles. The second-order valence-electron chi connectivity index (χ2n) is 5.53. The van der Waals surface area contributed by atoms with E-state index in [0.29, 0.717) is 0 Å². The van der Waals surface area contributed by atoms with E-state index < -0.39 is 0 Å². The molecule has 0 amide bonds. The van der Waals surface area contributed by atoms with Crippen molar-refractivity contribution in [3.05, 3.63) is 71.9 Å². The zero-order valence-corrected chi connectivity index (χ0v) is 11.1. The summed E-state index contributed by atoms with van der Waals surface area (Å²) in [7, 11) is 0. The molecule has 0 aliphatic heterocycles. The largest absolute Gasteiger partial charge is 0.360 e. The van der Waals surface area contributed by atoms with E-state index in [9.17, 15) is 4.79 Å². The van der Waals surface area contributed by atoms with Crippen molar-refractivity contribution in [1.29, 1.82) is 0 Å². The molecule has 0 spiro atoms. The quantitative estimate of drug-likeness (QED) is 0.708. The molecule has 0 radical (unpaired) electrons. The minimum atomic E-state index is -0.285. The molecular weight excluding hydrogens is 246 g/mol. The topological polar surface area (TPSA) is 32.9 Å². The van der Waals surface area contributed by atoms with Crippen molar-refractivity contribution in [1.82, 2.24) is 4.98 Å². The molecule has 1 aromatic heterocycles. The number of ketones is 1. The smallest absolute Gasteiger partial charge is 0.175 e. The van der Waals surface area contributed by atoms with Crippen LogP contribution in [0.1, 0.15) is 28.8 Å². The fraction of sp³-hybridized carbons (Fsp3) is 0.167. The highest BCUT2D eigenvalue weighted by atomic mass is 16.1. The third-order valence-electron chi connectivity index (χ3n) is 4.34. The monoisotopic (exact) mass is 261 g/mol. The van der Waals surface area contributed by atoms with Crippen molar-refractivity contribution in [2.24, 2.45) is 0 Å². The van der Waals surface area contributed by atoms with Crippen LogP contribution in [0, 0.1) is 0 Å². The molecule has 1 aliphatic rings. The third kappa shape index (κ3) is 1.54. The fourth-order valence-electron chi connectivity index (χ4n) is 3.05. The number of aromatic nitrogens is 1. The van der Waals surface area contributed by atoms with Gasteiger partial charge in [-0.3, -0.25) is 4.79 Å². The minimum Gasteiger partial charge on any atom is -0.360 e. The molecule has 0 atom stereocenters. The highest BCUT2D eigenvalue weighted by Crippen LogP contribution is 2.51. The van der Waals surface area contributed by atoms with Crippen LogP contribution in [0.2, 0.25) is 0 Å². The van der Waals surface area contributed by atoms with Gasteiger partial charge in [-0.2, -0.15) is 0 Å². The number of carbonyl (C=O) groups excluding carboxylic acids is 1. The van der Waals surface area contributed by atoms with Gasteiger partial charge in [-0.1, -0.05) is 48.5 Å². The average molecular weight is 261 g/mol. The Morgan fingerprint density at radius 2 is 1.65 bits per heavy atom. The number of nitrogens with one attached hydrogen (secondary N) is 1. The molecule has 2 nitrogen and oxygen atoms in total. The predicted molar refractivity (Wildman–Crippen MR) is 80.0 cm³/mol. The number of hydrogen-bond acceptors (Lipinski definition) is 1. The number of aromatic amines is 1. The molecule has 0 bridgehead atoms. The van der Waals surface area contributed by atoms with Gasteiger partial charge in [-0.25, -0.2) is 0 Å². The van der Waals surface area contributed by atoms with Crippen LogP contribution in [0.4, 0.5) is 0 Å². The Bertz CT molecular complexity index is 781. The fourth-order valence-corrected chi connectivity index (χ4v) is 3.05. The summed E-state index contributed by atoms with van der Waals surface area (Å²) in [5, 5.41) is 1.03. The molecule has 4 rings (SSSR count). The molecule has 1 saturated carbocycles. The lowest BCUT2D eigenvalue weighted by Crippen LogP contribution is -2.20. The molecule has 1 fully saturated rings. The van der Waals surface area contributed by atoms with Crippen molar-refractivity contribution in [3.8, 4) is 0 Å². The first-order valence-corrected chi connectivity index (χ1v) is 6.98. The molecule has 1 aliphatic carbocycles. The minimum absolute atomic E-state index is 0.251. The summed E-state index contributed by atoms with van der Waals surface area (Å²) in [5.41, 5.74) is 2.71. The summed E-state index contributed by atoms with van der Waals surface area (Å²) in [6.07, 6.45) is 3.76. The van der Waals surface area contributed by atoms with Crippen LogP contribution in [0.3, 0.4) is 0 Å². The highest BCUT2D eigenvalue weighted by molar-refractivity contribution is 6.14. The lowest BCUT2D eigenvalue weighted by Gasteiger charge is -2.13. The zero-order chi connectivity index (χ0) is 13.6. The summed E-state index contributed by atoms with van der Waals surface area (Å²) in [6, 6.07) is 18.1. The molecule has 0 saturated heterocycles. The number of benzene rings is 2. The summed E-state index contributed by atoms with van der Waals surface area (Å²) in [6.45, 7) is 0. The summed E-state index contributed by atoms with van der Waals surface area (Å²) >= 11 is 0. The van der Waals surface area contributed by atoms with E-state index in [4.69, 9.17) is 0 Å². The Hall–Kier alpha value is -2.35. The van der Waals surface area contributed by atoms with E-state index in [0.717, 1.165) is 34.9 Å². The Morgan fingerprint density at radius 1 is 0.950 bits per heavy atom. The van der Waals surface area contributed by atoms with Gasteiger partial charge in [0, 0.05) is 22.7 Å². The maximum Gasteiger partial charge on any atom is 0.175 e. The van der Waals surface area contributed by atoms with Crippen LogP contribution in [-0.2, 0) is 5.41 Å². The number of carbonyl (C=O) groups is 1. The molecule has 3 aromatic rings. The van der Waals surface area contributed by atoms with Crippen molar-refractivity contribution in [2.75, 3.05) is 0 Å². The van der Waals surface area contributed by atoms with E-state index in [-0.39, 0.29) is 11.2 Å². The maximum atomic E-state index is 13.0. The van der Waals surface area contributed by atoms with Crippen LogP contribution in [-0.4, -0.2) is 10.8 Å². The molecule has 0 unspecified atom stereocenters. The second-order valence-corrected chi connectivity index (χ2v) is 5.53. The summed E-state index contributed by atoms with van der Waals surface area (Å²) < 4.78 is 0. The van der Waals surface area contributed by atoms with E-state index in [1.165, 1.54) is 0 Å². The molecule has 1 heterocycles. The first-order valence-electron chi connectivity index (χ1n) is 6.98. The number of fused-ring (bicyclic) bond motifs is 1. The number of rotatable bonds is 3. The standard InChI is InChI=1S/C18H15NO/c20-17(15-12-19-16-9-5-4-8-14(15)16)18(10-11-18)13-6-2-1-3-7-13/h1-9,12,19H,10-11H2. The molecule has 20 heavy (non-hydrogen) atoms. The SMILES string of the molecule is O=C(c1c[nH]c2ccccc12)C1(c2ccccc2)CC1. The summed E-state index contributed by atoms with van der Waals surface area (Å²) in [4.78, 5) is 16.2. The molecular formula is C18H15NO. The summed E-state index contributed by atoms with van der Waals surface area (Å²) in [5.74, 6) is 0.251. The number of Topliss-reactive ketones (excluding diaryl/α,β-unsaturated/α-hetero) is 1. The molecule has 1 N–H and O–H groups in total. The van der Waals surface area contributed by atoms with Crippen LogP contribution in [0.15, 0.2) is 60.8 Å². The Morgan fingerprint density at radius 3 is 2.40 bits per heavy atom. The molecule has 2 heteroatoms. The number of para-hydroxylation sites is 1. The van der Waals surface area contributed by atoms with Gasteiger partial charge in [0.25, 0.3) is 0 Å². The highest BCUT2D eigenvalue weighted by Gasteiger charge is 2.51. The van der Waals surface area contributed by atoms with Gasteiger partial charge < -0.3 is 4.98 Å². The van der Waals surface area contributed by atoms with E-state index in [2.05, 4.69) is 17.1 Å². The van der Waals surface area contributed by atoms with Crippen LogP contribution < -0.4 is 0 Å². The van der Waals surface area contributed by atoms with Gasteiger partial charge in [-0.05, 0) is 24.5 Å². The van der Waals surface area contributed by atoms with Crippen molar-refractivity contribution < 1.29 is 4.79 Å². The maximum absolute atomic E-state index is 13.0. The normalized spacial score (nSPS) is 16.2. The third-order valence-corrected chi connectivity index (χ3v) is 4.34. The lowest BCUT2D eigenvalue weighted by atomic mass is 9.87. The number of H-pyrrole nitrogens is 1. The lowest BCUT2D eigenvalue weighted by molar-refractivity contribution is 0.0948. The van der Waals surface area contributed by atoms with Gasteiger partial charge in [-0.15, -0.1) is 0 Å². The first kappa shape index (κ1) is 11.5. The van der Waals surface area contributed by atoms with Crippen LogP contribution >= 0.6 is 0 Å². The van der Waals surface area contributed by atoms with E-state index in [1.807, 2.05) is 48.7 Å². The van der Waals surface area contributed by atoms with Gasteiger partial charge >= 0.3 is 0 Å². The Labute approximate surface area is 117 Å². The van der Waals surface area contributed by atoms with Crippen LogP contribution in [0.25, 0.3) is 10.9 Å². The van der Waals surface area contributed by atoms with Crippen molar-refractivity contribution in [2.45, 2.75) is 18.3 Å². The van der Waals surface area contributed by atoms with Crippen molar-refractivity contribution in [3.63, 3.8) is 0 Å². The zero-order valence-electron chi connectivity index (χ0n) is 11.1. The van der Waals surface area contributed by atoms with Gasteiger partial charge in [0.2, 0.25) is 0 Å². The molecule has 98 valence electrons. The Balaban J connectivity index is 1.82.